The lowest BCUT2D eigenvalue weighted by molar-refractivity contribution is 0.409. The fourth-order valence-electron chi connectivity index (χ4n) is 1.12. The molecule has 1 fully saturated rings. The van der Waals surface area contributed by atoms with Crippen molar-refractivity contribution in [3.63, 3.8) is 0 Å². The number of hydrogen-bond donors (Lipinski definition) is 0. The molecule has 0 spiro atoms. The maximum Gasteiger partial charge on any atom is 0.120 e. The van der Waals surface area contributed by atoms with Crippen LogP contribution in [0.1, 0.15) is 11.7 Å². The van der Waals surface area contributed by atoms with E-state index < -0.39 is 0 Å². The van der Waals surface area contributed by atoms with E-state index in [2.05, 4.69) is 0 Å². The zero-order valence-electron chi connectivity index (χ0n) is 6.71. The van der Waals surface area contributed by atoms with Gasteiger partial charge in [-0.3, -0.25) is 0 Å². The van der Waals surface area contributed by atoms with E-state index in [-0.39, 0.29) is 6.10 Å². The van der Waals surface area contributed by atoms with Crippen molar-refractivity contribution >= 4 is 11.6 Å². The zero-order chi connectivity index (χ0) is 8.55. The van der Waals surface area contributed by atoms with Gasteiger partial charge in [-0.1, -0.05) is 17.7 Å². The molecule has 1 aromatic rings. The van der Waals surface area contributed by atoms with Crippen molar-refractivity contribution in [3.05, 3.63) is 28.8 Å². The van der Waals surface area contributed by atoms with Crippen molar-refractivity contribution in [1.82, 2.24) is 0 Å². The van der Waals surface area contributed by atoms with Crippen molar-refractivity contribution in [2.45, 2.75) is 6.10 Å². The average molecular weight is 185 g/mol. The van der Waals surface area contributed by atoms with Crippen molar-refractivity contribution in [2.24, 2.45) is 0 Å². The average Bonchev–Trinajstić information content (AvgIpc) is 2.87. The highest BCUT2D eigenvalue weighted by atomic mass is 35.5. The van der Waals surface area contributed by atoms with E-state index in [0.29, 0.717) is 0 Å². The number of epoxide rings is 1. The Morgan fingerprint density at radius 3 is 2.83 bits per heavy atom. The van der Waals surface area contributed by atoms with Crippen LogP contribution < -0.4 is 4.74 Å². The summed E-state index contributed by atoms with van der Waals surface area (Å²) in [6, 6.07) is 5.64. The van der Waals surface area contributed by atoms with Gasteiger partial charge in [-0.2, -0.15) is 0 Å². The van der Waals surface area contributed by atoms with E-state index >= 15 is 0 Å². The zero-order valence-corrected chi connectivity index (χ0v) is 7.47. The van der Waals surface area contributed by atoms with Gasteiger partial charge in [-0.15, -0.1) is 0 Å². The number of ether oxygens (including phenoxy) is 2. The summed E-state index contributed by atoms with van der Waals surface area (Å²) in [5.74, 6) is 0.782. The van der Waals surface area contributed by atoms with Gasteiger partial charge in [0.15, 0.2) is 0 Å². The van der Waals surface area contributed by atoms with E-state index in [0.717, 1.165) is 22.9 Å². The second kappa shape index (κ2) is 2.96. The van der Waals surface area contributed by atoms with Crippen LogP contribution in [0.2, 0.25) is 5.02 Å². The Balaban J connectivity index is 2.32. The molecule has 2 nitrogen and oxygen atoms in total. The molecule has 1 aliphatic heterocycles. The number of methoxy groups -OCH3 is 1. The van der Waals surface area contributed by atoms with Gasteiger partial charge < -0.3 is 9.47 Å². The number of rotatable bonds is 2. The Kier molecular flexibility index (Phi) is 1.95. The summed E-state index contributed by atoms with van der Waals surface area (Å²) in [5.41, 5.74) is 1.05. The fourth-order valence-corrected chi connectivity index (χ4v) is 1.42. The highest BCUT2D eigenvalue weighted by Gasteiger charge is 2.26. The summed E-state index contributed by atoms with van der Waals surface area (Å²) in [7, 11) is 1.62. The van der Waals surface area contributed by atoms with Gasteiger partial charge >= 0.3 is 0 Å². The Morgan fingerprint density at radius 1 is 1.58 bits per heavy atom. The van der Waals surface area contributed by atoms with Crippen LogP contribution in [0.15, 0.2) is 18.2 Å². The van der Waals surface area contributed by atoms with Crippen LogP contribution in [-0.4, -0.2) is 13.7 Å². The minimum absolute atomic E-state index is 0.211. The summed E-state index contributed by atoms with van der Waals surface area (Å²) < 4.78 is 10.1. The fraction of sp³-hybridized carbons (Fsp3) is 0.333. The quantitative estimate of drug-likeness (QED) is 0.659. The second-order valence-electron chi connectivity index (χ2n) is 2.71. The van der Waals surface area contributed by atoms with Crippen LogP contribution in [0, 0.1) is 0 Å². The van der Waals surface area contributed by atoms with Gasteiger partial charge in [0, 0.05) is 5.56 Å². The topological polar surface area (TPSA) is 21.8 Å². The van der Waals surface area contributed by atoms with E-state index in [4.69, 9.17) is 21.1 Å². The van der Waals surface area contributed by atoms with Gasteiger partial charge in [0.2, 0.25) is 0 Å². The van der Waals surface area contributed by atoms with Crippen LogP contribution in [0.4, 0.5) is 0 Å². The third-order valence-corrected chi connectivity index (χ3v) is 2.22. The standard InChI is InChI=1S/C9H9ClO2/c1-11-6-2-3-7(8(10)4-6)9-5-12-9/h2-4,9H,5H2,1H3/t9-/m0/s1. The predicted molar refractivity (Wildman–Crippen MR) is 46.7 cm³/mol. The Hall–Kier alpha value is -0.730. The third-order valence-electron chi connectivity index (χ3n) is 1.89. The predicted octanol–water partition coefficient (Wildman–Crippen LogP) is 2.42. The SMILES string of the molecule is COc1ccc([C@@H]2CO2)c(Cl)c1. The third kappa shape index (κ3) is 1.40. The van der Waals surface area contributed by atoms with E-state index in [1.807, 2.05) is 12.1 Å². The Morgan fingerprint density at radius 2 is 2.33 bits per heavy atom. The highest BCUT2D eigenvalue weighted by Crippen LogP contribution is 2.36. The molecule has 64 valence electrons. The number of benzene rings is 1. The molecule has 1 saturated heterocycles. The van der Waals surface area contributed by atoms with E-state index in [1.165, 1.54) is 0 Å². The Labute approximate surface area is 76.1 Å². The lowest BCUT2D eigenvalue weighted by Gasteiger charge is -2.03. The summed E-state index contributed by atoms with van der Waals surface area (Å²) in [6.45, 7) is 0.784. The molecule has 2 rings (SSSR count). The van der Waals surface area contributed by atoms with Gasteiger partial charge in [-0.25, -0.2) is 0 Å². The Bertz CT molecular complexity index is 295. The largest absolute Gasteiger partial charge is 0.497 e. The lowest BCUT2D eigenvalue weighted by Crippen LogP contribution is -1.86. The summed E-state index contributed by atoms with van der Waals surface area (Å²) in [5, 5.41) is 0.719. The molecule has 3 heteroatoms. The normalized spacial score (nSPS) is 20.7. The summed E-state index contributed by atoms with van der Waals surface area (Å²) in [6.07, 6.45) is 0.211. The van der Waals surface area contributed by atoms with Crippen molar-refractivity contribution < 1.29 is 9.47 Å². The number of hydrogen-bond acceptors (Lipinski definition) is 2. The maximum atomic E-state index is 5.98. The molecule has 1 heterocycles. The van der Waals surface area contributed by atoms with Crippen LogP contribution >= 0.6 is 11.6 Å². The molecule has 1 aliphatic rings. The first-order valence-electron chi connectivity index (χ1n) is 3.76. The van der Waals surface area contributed by atoms with Crippen LogP contribution in [-0.2, 0) is 4.74 Å². The molecular weight excluding hydrogens is 176 g/mol. The molecule has 1 aromatic carbocycles. The minimum Gasteiger partial charge on any atom is -0.497 e. The molecular formula is C9H9ClO2. The summed E-state index contributed by atoms with van der Waals surface area (Å²) >= 11 is 5.98. The summed E-state index contributed by atoms with van der Waals surface area (Å²) in [4.78, 5) is 0. The molecule has 0 amide bonds. The van der Waals surface area contributed by atoms with E-state index in [1.54, 1.807) is 13.2 Å². The molecule has 0 bridgehead atoms. The lowest BCUT2D eigenvalue weighted by atomic mass is 10.1. The minimum atomic E-state index is 0.211. The highest BCUT2D eigenvalue weighted by molar-refractivity contribution is 6.31. The molecule has 0 saturated carbocycles. The van der Waals surface area contributed by atoms with Gasteiger partial charge in [0.25, 0.3) is 0 Å². The van der Waals surface area contributed by atoms with Crippen molar-refractivity contribution in [1.29, 1.82) is 0 Å². The molecule has 12 heavy (non-hydrogen) atoms. The molecule has 0 aromatic heterocycles. The van der Waals surface area contributed by atoms with Crippen LogP contribution in [0.5, 0.6) is 5.75 Å². The first-order valence-corrected chi connectivity index (χ1v) is 4.14. The van der Waals surface area contributed by atoms with Crippen molar-refractivity contribution in [3.8, 4) is 5.75 Å². The smallest absolute Gasteiger partial charge is 0.120 e. The molecule has 0 aliphatic carbocycles. The van der Waals surface area contributed by atoms with Crippen molar-refractivity contribution in [2.75, 3.05) is 13.7 Å². The molecule has 0 radical (unpaired) electrons. The van der Waals surface area contributed by atoms with Gasteiger partial charge in [-0.05, 0) is 12.1 Å². The molecule has 0 unspecified atom stereocenters. The second-order valence-corrected chi connectivity index (χ2v) is 3.12. The van der Waals surface area contributed by atoms with Crippen LogP contribution in [0.25, 0.3) is 0 Å². The van der Waals surface area contributed by atoms with Gasteiger partial charge in [0.1, 0.15) is 11.9 Å². The van der Waals surface area contributed by atoms with Gasteiger partial charge in [0.05, 0.1) is 18.7 Å². The monoisotopic (exact) mass is 184 g/mol. The number of halogens is 1. The molecule has 1 atom stereocenters. The first kappa shape index (κ1) is 7.90. The van der Waals surface area contributed by atoms with E-state index in [9.17, 15) is 0 Å². The van der Waals surface area contributed by atoms with Crippen LogP contribution in [0.3, 0.4) is 0 Å². The first-order chi connectivity index (χ1) is 5.81. The maximum absolute atomic E-state index is 5.98. The molecule has 0 N–H and O–H groups in total.